The summed E-state index contributed by atoms with van der Waals surface area (Å²) >= 11 is 1.63. The van der Waals surface area contributed by atoms with Crippen molar-refractivity contribution < 1.29 is 14.0 Å². The van der Waals surface area contributed by atoms with E-state index in [2.05, 4.69) is 10.3 Å². The number of thiophene rings is 1. The molecule has 1 fully saturated rings. The zero-order chi connectivity index (χ0) is 24.4. The average Bonchev–Trinajstić information content (AvgIpc) is 3.25. The van der Waals surface area contributed by atoms with Crippen molar-refractivity contribution in [2.75, 3.05) is 38.0 Å². The van der Waals surface area contributed by atoms with E-state index in [-0.39, 0.29) is 36.2 Å². The van der Waals surface area contributed by atoms with E-state index in [1.807, 2.05) is 4.90 Å². The van der Waals surface area contributed by atoms with Crippen LogP contribution in [0.1, 0.15) is 29.7 Å². The Bertz CT molecular complexity index is 1290. The normalized spacial score (nSPS) is 16.3. The standard InChI is InChI=1S/C25H28FN5O3S/c26-17-5-7-18(8-6-17)28-21(32)15-29-11-13-30(14-12-29)22(33)9-10-31-16-27-24-23(25(31)34)19-3-1-2-4-20(19)35-24/h5-8,16H,1-4,9-15H2,(H,28,32). The van der Waals surface area contributed by atoms with Gasteiger partial charge in [-0.2, -0.15) is 0 Å². The number of aromatic nitrogens is 2. The number of carbonyl (C=O) groups is 2. The summed E-state index contributed by atoms with van der Waals surface area (Å²) in [6.07, 6.45) is 6.03. The first kappa shape index (κ1) is 23.6. The molecule has 1 aliphatic heterocycles. The fourth-order valence-electron chi connectivity index (χ4n) is 4.81. The van der Waals surface area contributed by atoms with Crippen molar-refractivity contribution in [3.63, 3.8) is 0 Å². The third-order valence-electron chi connectivity index (χ3n) is 6.73. The molecule has 0 saturated carbocycles. The lowest BCUT2D eigenvalue weighted by Crippen LogP contribution is -2.50. The molecule has 0 atom stereocenters. The van der Waals surface area contributed by atoms with E-state index >= 15 is 0 Å². The van der Waals surface area contributed by atoms with E-state index in [1.165, 1.54) is 29.1 Å². The number of hydrogen-bond acceptors (Lipinski definition) is 6. The van der Waals surface area contributed by atoms with E-state index in [4.69, 9.17) is 0 Å². The highest BCUT2D eigenvalue weighted by atomic mass is 32.1. The fourth-order valence-corrected chi connectivity index (χ4v) is 6.03. The maximum absolute atomic E-state index is 13.1. The van der Waals surface area contributed by atoms with E-state index in [0.717, 1.165) is 41.5 Å². The summed E-state index contributed by atoms with van der Waals surface area (Å²) in [5.41, 5.74) is 1.67. The van der Waals surface area contributed by atoms with Gasteiger partial charge in [0.05, 0.1) is 18.3 Å². The Morgan fingerprint density at radius 3 is 2.57 bits per heavy atom. The maximum Gasteiger partial charge on any atom is 0.262 e. The number of fused-ring (bicyclic) bond motifs is 3. The molecule has 10 heteroatoms. The van der Waals surface area contributed by atoms with Crippen LogP contribution in [0.15, 0.2) is 35.4 Å². The van der Waals surface area contributed by atoms with Crippen molar-refractivity contribution in [1.82, 2.24) is 19.4 Å². The van der Waals surface area contributed by atoms with Crippen molar-refractivity contribution in [2.24, 2.45) is 0 Å². The van der Waals surface area contributed by atoms with Gasteiger partial charge in [-0.15, -0.1) is 11.3 Å². The Morgan fingerprint density at radius 2 is 1.80 bits per heavy atom. The topological polar surface area (TPSA) is 87.5 Å². The monoisotopic (exact) mass is 497 g/mol. The van der Waals surface area contributed by atoms with Crippen molar-refractivity contribution in [3.8, 4) is 0 Å². The lowest BCUT2D eigenvalue weighted by molar-refractivity contribution is -0.133. The smallest absolute Gasteiger partial charge is 0.262 e. The second-order valence-electron chi connectivity index (χ2n) is 9.10. The molecule has 0 radical (unpaired) electrons. The van der Waals surface area contributed by atoms with Gasteiger partial charge < -0.3 is 10.2 Å². The molecule has 1 aliphatic carbocycles. The van der Waals surface area contributed by atoms with Crippen molar-refractivity contribution in [2.45, 2.75) is 38.6 Å². The molecule has 8 nitrogen and oxygen atoms in total. The summed E-state index contributed by atoms with van der Waals surface area (Å²) in [7, 11) is 0. The van der Waals surface area contributed by atoms with Crippen molar-refractivity contribution in [3.05, 3.63) is 57.2 Å². The lowest BCUT2D eigenvalue weighted by Gasteiger charge is -2.34. The molecule has 1 saturated heterocycles. The molecule has 3 aromatic rings. The van der Waals surface area contributed by atoms with E-state index in [9.17, 15) is 18.8 Å². The number of aryl methyl sites for hydroxylation is 3. The highest BCUT2D eigenvalue weighted by Gasteiger charge is 2.23. The molecular weight excluding hydrogens is 469 g/mol. The Labute approximate surface area is 206 Å². The van der Waals surface area contributed by atoms with Gasteiger partial charge in [0.1, 0.15) is 10.6 Å². The lowest BCUT2D eigenvalue weighted by atomic mass is 9.97. The predicted molar refractivity (Wildman–Crippen MR) is 133 cm³/mol. The third-order valence-corrected chi connectivity index (χ3v) is 7.93. The summed E-state index contributed by atoms with van der Waals surface area (Å²) in [6, 6.07) is 5.65. The van der Waals surface area contributed by atoms with E-state index in [0.29, 0.717) is 38.4 Å². The van der Waals surface area contributed by atoms with Gasteiger partial charge in [0.25, 0.3) is 5.56 Å². The minimum atomic E-state index is -0.351. The first-order valence-corrected chi connectivity index (χ1v) is 12.8. The van der Waals surface area contributed by atoms with Gasteiger partial charge in [0.2, 0.25) is 11.8 Å². The number of hydrogen-bond donors (Lipinski definition) is 1. The first-order chi connectivity index (χ1) is 17.0. The van der Waals surface area contributed by atoms with Gasteiger partial charge in [-0.25, -0.2) is 9.37 Å². The molecule has 184 valence electrons. The number of piperazine rings is 1. The number of amides is 2. The maximum atomic E-state index is 13.1. The van der Waals surface area contributed by atoms with Gasteiger partial charge in [-0.3, -0.25) is 23.9 Å². The molecule has 2 aromatic heterocycles. The third kappa shape index (κ3) is 5.28. The minimum Gasteiger partial charge on any atom is -0.340 e. The number of rotatable bonds is 6. The molecule has 5 rings (SSSR count). The summed E-state index contributed by atoms with van der Waals surface area (Å²) in [5, 5.41) is 3.50. The number of carbonyl (C=O) groups excluding carboxylic acids is 2. The number of nitrogens with one attached hydrogen (secondary N) is 1. The second kappa shape index (κ2) is 10.2. The Balaban J connectivity index is 1.12. The van der Waals surface area contributed by atoms with Crippen LogP contribution in [0.3, 0.4) is 0 Å². The Hall–Kier alpha value is -3.11. The van der Waals surface area contributed by atoms with Gasteiger partial charge in [-0.1, -0.05) is 0 Å². The number of halogens is 1. The molecule has 0 spiro atoms. The fraction of sp³-hybridized carbons (Fsp3) is 0.440. The summed E-state index contributed by atoms with van der Waals surface area (Å²) in [5.74, 6) is -0.523. The SMILES string of the molecule is O=C(CN1CCN(C(=O)CCn2cnc3sc4c(c3c2=O)CCCC4)CC1)Nc1ccc(F)cc1. The van der Waals surface area contributed by atoms with Crippen LogP contribution in [-0.2, 0) is 29.0 Å². The molecule has 1 aromatic carbocycles. The molecule has 0 unspecified atom stereocenters. The highest BCUT2D eigenvalue weighted by molar-refractivity contribution is 7.18. The molecule has 2 amide bonds. The van der Waals surface area contributed by atoms with Crippen LogP contribution in [0.2, 0.25) is 0 Å². The molecule has 35 heavy (non-hydrogen) atoms. The van der Waals surface area contributed by atoms with Gasteiger partial charge in [0, 0.05) is 49.7 Å². The highest BCUT2D eigenvalue weighted by Crippen LogP contribution is 2.33. The van der Waals surface area contributed by atoms with E-state index in [1.54, 1.807) is 27.1 Å². The van der Waals surface area contributed by atoms with Gasteiger partial charge in [0.15, 0.2) is 0 Å². The first-order valence-electron chi connectivity index (χ1n) is 12.0. The minimum absolute atomic E-state index is 0.000224. The predicted octanol–water partition coefficient (Wildman–Crippen LogP) is 2.65. The van der Waals surface area contributed by atoms with Crippen molar-refractivity contribution in [1.29, 1.82) is 0 Å². The van der Waals surface area contributed by atoms with Gasteiger partial charge in [-0.05, 0) is 55.5 Å². The number of benzene rings is 1. The van der Waals surface area contributed by atoms with Crippen LogP contribution in [0.5, 0.6) is 0 Å². The largest absolute Gasteiger partial charge is 0.340 e. The van der Waals surface area contributed by atoms with Crippen molar-refractivity contribution >= 4 is 39.1 Å². The van der Waals surface area contributed by atoms with E-state index < -0.39 is 0 Å². The van der Waals surface area contributed by atoms with Crippen LogP contribution >= 0.6 is 11.3 Å². The van der Waals surface area contributed by atoms with Crippen LogP contribution in [-0.4, -0.2) is 63.9 Å². The second-order valence-corrected chi connectivity index (χ2v) is 10.2. The molecule has 2 aliphatic rings. The molecule has 1 N–H and O–H groups in total. The zero-order valence-corrected chi connectivity index (χ0v) is 20.3. The van der Waals surface area contributed by atoms with Crippen LogP contribution in [0.4, 0.5) is 10.1 Å². The zero-order valence-electron chi connectivity index (χ0n) is 19.5. The van der Waals surface area contributed by atoms with Crippen LogP contribution < -0.4 is 10.9 Å². The average molecular weight is 498 g/mol. The van der Waals surface area contributed by atoms with Gasteiger partial charge >= 0.3 is 0 Å². The number of anilines is 1. The Morgan fingerprint density at radius 1 is 1.06 bits per heavy atom. The molecular formula is C25H28FN5O3S. The van der Waals surface area contributed by atoms with Crippen LogP contribution in [0, 0.1) is 5.82 Å². The summed E-state index contributed by atoms with van der Waals surface area (Å²) in [4.78, 5) is 48.5. The number of nitrogens with zero attached hydrogens (tertiary/aromatic N) is 4. The quantitative estimate of drug-likeness (QED) is 0.566. The Kier molecular flexibility index (Phi) is 6.92. The molecule has 0 bridgehead atoms. The summed E-state index contributed by atoms with van der Waals surface area (Å²) < 4.78 is 14.6. The van der Waals surface area contributed by atoms with Crippen LogP contribution in [0.25, 0.3) is 10.2 Å². The molecule has 3 heterocycles. The summed E-state index contributed by atoms with van der Waals surface area (Å²) in [6.45, 7) is 2.78.